The van der Waals surface area contributed by atoms with Crippen LogP contribution in [0.1, 0.15) is 62.0 Å². The lowest BCUT2D eigenvalue weighted by Gasteiger charge is -2.28. The number of hydrogen-bond acceptors (Lipinski definition) is 10. The van der Waals surface area contributed by atoms with Crippen LogP contribution >= 0.6 is 23.2 Å². The van der Waals surface area contributed by atoms with E-state index in [1.807, 2.05) is 16.6 Å². The fourth-order valence-corrected chi connectivity index (χ4v) is 6.40. The van der Waals surface area contributed by atoms with Gasteiger partial charge in [0.2, 0.25) is 0 Å². The molecule has 45 heavy (non-hydrogen) atoms. The van der Waals surface area contributed by atoms with Crippen LogP contribution in [0.25, 0.3) is 11.3 Å². The molecule has 0 radical (unpaired) electrons. The summed E-state index contributed by atoms with van der Waals surface area (Å²) in [7, 11) is 0. The van der Waals surface area contributed by atoms with E-state index in [1.165, 1.54) is 36.3 Å². The van der Waals surface area contributed by atoms with Crippen molar-refractivity contribution in [2.24, 2.45) is 0 Å². The molecule has 4 aromatic rings. The Hall–Kier alpha value is -2.78. The van der Waals surface area contributed by atoms with Crippen molar-refractivity contribution in [3.8, 4) is 0 Å². The summed E-state index contributed by atoms with van der Waals surface area (Å²) >= 11 is 12.0. The minimum absolute atomic E-state index is 0.179. The molecule has 2 atom stereocenters. The first-order valence-electron chi connectivity index (χ1n) is 16.0. The Balaban J connectivity index is 0.000000137. The van der Waals surface area contributed by atoms with Gasteiger partial charge in [-0.1, -0.05) is 36.0 Å². The van der Waals surface area contributed by atoms with Gasteiger partial charge in [-0.25, -0.2) is 14.5 Å². The van der Waals surface area contributed by atoms with Crippen LogP contribution < -0.4 is 26.4 Å². The Morgan fingerprint density at radius 2 is 1.42 bits per heavy atom. The van der Waals surface area contributed by atoms with Gasteiger partial charge >= 0.3 is 0 Å². The van der Waals surface area contributed by atoms with Gasteiger partial charge in [0, 0.05) is 56.5 Å². The molecular weight excluding hydrogens is 619 g/mol. The smallest absolute Gasteiger partial charge is 0.274 e. The van der Waals surface area contributed by atoms with Crippen molar-refractivity contribution in [2.45, 2.75) is 50.6 Å². The number of anilines is 1. The molecule has 13 nitrogen and oxygen atoms in total. The first kappa shape index (κ1) is 32.2. The van der Waals surface area contributed by atoms with E-state index in [4.69, 9.17) is 37.8 Å². The number of H-pyrrole nitrogens is 1. The molecule has 0 amide bonds. The zero-order valence-corrected chi connectivity index (χ0v) is 27.0. The quantitative estimate of drug-likeness (QED) is 0.243. The van der Waals surface area contributed by atoms with Gasteiger partial charge in [0.25, 0.3) is 5.56 Å². The molecule has 4 saturated heterocycles. The van der Waals surface area contributed by atoms with Crippen LogP contribution in [0.3, 0.4) is 0 Å². The molecular formula is C30H42Cl2N10O3. The minimum atomic E-state index is -0.179. The number of piperidine rings is 2. The van der Waals surface area contributed by atoms with Crippen LogP contribution in [-0.2, 0) is 9.47 Å². The molecule has 0 aromatic carbocycles. The summed E-state index contributed by atoms with van der Waals surface area (Å²) < 4.78 is 13.8. The third-order valence-electron chi connectivity index (χ3n) is 8.37. The summed E-state index contributed by atoms with van der Waals surface area (Å²) in [6, 6.07) is 7.75. The molecule has 0 saturated carbocycles. The zero-order chi connectivity index (χ0) is 31.0. The van der Waals surface area contributed by atoms with Crippen molar-refractivity contribution in [1.29, 1.82) is 0 Å². The van der Waals surface area contributed by atoms with E-state index in [0.717, 1.165) is 101 Å². The van der Waals surface area contributed by atoms with Gasteiger partial charge in [0.15, 0.2) is 11.3 Å². The van der Waals surface area contributed by atoms with Gasteiger partial charge in [-0.3, -0.25) is 9.89 Å². The van der Waals surface area contributed by atoms with Crippen LogP contribution in [0.4, 0.5) is 5.82 Å². The van der Waals surface area contributed by atoms with E-state index in [2.05, 4.69) is 42.0 Å². The van der Waals surface area contributed by atoms with Crippen molar-refractivity contribution in [1.82, 2.24) is 45.1 Å². The normalized spacial score (nSPS) is 22.4. The van der Waals surface area contributed by atoms with Crippen molar-refractivity contribution in [3.63, 3.8) is 0 Å². The van der Waals surface area contributed by atoms with E-state index in [0.29, 0.717) is 16.8 Å². The first-order valence-corrected chi connectivity index (χ1v) is 16.7. The topological polar surface area (TPSA) is 138 Å². The van der Waals surface area contributed by atoms with Crippen molar-refractivity contribution < 1.29 is 9.47 Å². The molecule has 0 spiro atoms. The second-order valence-electron chi connectivity index (χ2n) is 11.6. The number of nitrogens with one attached hydrogen (secondary N) is 4. The highest BCUT2D eigenvalue weighted by molar-refractivity contribution is 6.30. The molecule has 4 N–H and O–H groups in total. The van der Waals surface area contributed by atoms with E-state index in [9.17, 15) is 4.79 Å². The Bertz CT molecular complexity index is 1570. The number of morpholine rings is 2. The molecule has 4 aliphatic rings. The van der Waals surface area contributed by atoms with Gasteiger partial charge in [-0.15, -0.1) is 0 Å². The van der Waals surface area contributed by atoms with Crippen molar-refractivity contribution in [2.75, 3.05) is 70.6 Å². The summed E-state index contributed by atoms with van der Waals surface area (Å²) in [6.45, 7) is 9.09. The predicted octanol–water partition coefficient (Wildman–Crippen LogP) is 3.13. The second-order valence-corrected chi connectivity index (χ2v) is 12.3. The lowest BCUT2D eigenvalue weighted by molar-refractivity contribution is 0.109. The van der Waals surface area contributed by atoms with Crippen molar-refractivity contribution in [3.05, 3.63) is 56.3 Å². The standard InChI is InChI=1S/C15H20ClN5O.C11H13ClN4O.C4H9NO/c16-13-10-15(20-5-7-22-8-6-20)21-14(18-13)9-12(19-21)11-3-1-2-4-17-11;12-9-6-11(17)16-10(14-9)5-8(15-16)7-3-1-2-4-13-7;1-3-6-4-2-5-1/h9-11,17H,1-8H2;5-7,13,15H,1-4H2;5H,1-4H2/t11-;7-;/m00./s1. The number of ether oxygens (including phenoxy) is 2. The second kappa shape index (κ2) is 15.7. The lowest BCUT2D eigenvalue weighted by Crippen LogP contribution is -2.37. The molecule has 8 heterocycles. The highest BCUT2D eigenvalue weighted by atomic mass is 35.5. The third kappa shape index (κ3) is 8.33. The fraction of sp³-hybridized carbons (Fsp3) is 0.600. The Kier molecular flexibility index (Phi) is 11.2. The summed E-state index contributed by atoms with van der Waals surface area (Å²) in [6.07, 6.45) is 7.11. The molecule has 244 valence electrons. The predicted molar refractivity (Wildman–Crippen MR) is 175 cm³/mol. The van der Waals surface area contributed by atoms with Gasteiger partial charge in [0.05, 0.1) is 43.9 Å². The first-order chi connectivity index (χ1) is 22.0. The average molecular weight is 662 g/mol. The third-order valence-corrected chi connectivity index (χ3v) is 8.76. The monoisotopic (exact) mass is 660 g/mol. The maximum absolute atomic E-state index is 11.7. The van der Waals surface area contributed by atoms with Crippen LogP contribution in [-0.4, -0.2) is 94.9 Å². The highest BCUT2D eigenvalue weighted by Gasteiger charge is 2.22. The molecule has 15 heteroatoms. The molecule has 4 aromatic heterocycles. The summed E-state index contributed by atoms with van der Waals surface area (Å²) in [4.78, 5) is 22.5. The van der Waals surface area contributed by atoms with Crippen LogP contribution in [0.5, 0.6) is 0 Å². The van der Waals surface area contributed by atoms with E-state index in [-0.39, 0.29) is 16.8 Å². The van der Waals surface area contributed by atoms with E-state index >= 15 is 0 Å². The van der Waals surface area contributed by atoms with Gasteiger partial charge in [0.1, 0.15) is 16.1 Å². The molecule has 4 aliphatic heterocycles. The summed E-state index contributed by atoms with van der Waals surface area (Å²) in [5.41, 5.74) is 3.27. The molecule has 8 rings (SSSR count). The zero-order valence-electron chi connectivity index (χ0n) is 25.4. The van der Waals surface area contributed by atoms with Gasteiger partial charge in [-0.2, -0.15) is 9.61 Å². The Morgan fingerprint density at radius 3 is 2.07 bits per heavy atom. The van der Waals surface area contributed by atoms with Gasteiger partial charge < -0.3 is 30.3 Å². The van der Waals surface area contributed by atoms with Crippen molar-refractivity contribution >= 4 is 40.3 Å². The summed E-state index contributed by atoms with van der Waals surface area (Å²) in [5, 5.41) is 18.8. The number of halogens is 2. The Labute approximate surface area is 272 Å². The maximum Gasteiger partial charge on any atom is 0.274 e. The average Bonchev–Trinajstić information content (AvgIpc) is 3.72. The molecule has 0 bridgehead atoms. The summed E-state index contributed by atoms with van der Waals surface area (Å²) in [5.74, 6) is 1.00. The van der Waals surface area contributed by atoms with Crippen LogP contribution in [0, 0.1) is 0 Å². The Morgan fingerprint density at radius 1 is 0.756 bits per heavy atom. The number of aromatic amines is 1. The number of rotatable bonds is 3. The van der Waals surface area contributed by atoms with Crippen LogP contribution in [0.15, 0.2) is 29.1 Å². The minimum Gasteiger partial charge on any atom is -0.379 e. The lowest BCUT2D eigenvalue weighted by atomic mass is 10.0. The number of nitrogens with zero attached hydrogens (tertiary/aromatic N) is 6. The van der Waals surface area contributed by atoms with E-state index < -0.39 is 0 Å². The van der Waals surface area contributed by atoms with E-state index in [1.54, 1.807) is 0 Å². The number of fused-ring (bicyclic) bond motifs is 2. The number of aromatic nitrogens is 6. The largest absolute Gasteiger partial charge is 0.379 e. The molecule has 0 unspecified atom stereocenters. The molecule has 4 fully saturated rings. The SMILES string of the molecule is C1COCCN1.Clc1cc(N2CCOCC2)n2nc([C@@H]3CCCCN3)cc2n1.O=c1cc(Cl)nc2cc([C@@H]3CCCCN3)[nH]n12. The fourth-order valence-electron chi connectivity index (χ4n) is 6.03. The maximum atomic E-state index is 11.7. The van der Waals surface area contributed by atoms with Gasteiger partial charge in [-0.05, 0) is 38.8 Å². The van der Waals surface area contributed by atoms with Crippen LogP contribution in [0.2, 0.25) is 10.3 Å². The highest BCUT2D eigenvalue weighted by Crippen LogP contribution is 2.27. The molecule has 0 aliphatic carbocycles. The number of hydrogen-bond donors (Lipinski definition) is 4.